The first-order valence-electron chi connectivity index (χ1n) is 5.46. The summed E-state index contributed by atoms with van der Waals surface area (Å²) in [4.78, 5) is 0. The Balaban J connectivity index is 2.69. The summed E-state index contributed by atoms with van der Waals surface area (Å²) in [6.45, 7) is 6.56. The molecule has 1 saturated heterocycles. The van der Waals surface area contributed by atoms with Gasteiger partial charge in [-0.1, -0.05) is 0 Å². The Morgan fingerprint density at radius 3 is 2.00 bits per heavy atom. The molecule has 0 radical (unpaired) electrons. The van der Waals surface area contributed by atoms with Crippen LogP contribution < -0.4 is 5.32 Å². The van der Waals surface area contributed by atoms with Gasteiger partial charge >= 0.3 is 0 Å². The summed E-state index contributed by atoms with van der Waals surface area (Å²) in [5.74, 6) is 0. The van der Waals surface area contributed by atoms with Gasteiger partial charge in [0.15, 0.2) is 0 Å². The summed E-state index contributed by atoms with van der Waals surface area (Å²) < 4.78 is 25.2. The third-order valence-electron chi connectivity index (χ3n) is 2.98. The molecular formula is C10H22N2O2S. The van der Waals surface area contributed by atoms with Crippen LogP contribution in [0.3, 0.4) is 0 Å². The van der Waals surface area contributed by atoms with Gasteiger partial charge in [0.05, 0.1) is 4.75 Å². The Kier molecular flexibility index (Phi) is 3.79. The van der Waals surface area contributed by atoms with Crippen LogP contribution in [0, 0.1) is 0 Å². The van der Waals surface area contributed by atoms with Crippen LogP contribution in [0.4, 0.5) is 0 Å². The Morgan fingerprint density at radius 1 is 1.20 bits per heavy atom. The number of hydrogen-bond acceptors (Lipinski definition) is 3. The van der Waals surface area contributed by atoms with E-state index >= 15 is 0 Å². The topological polar surface area (TPSA) is 49.4 Å². The van der Waals surface area contributed by atoms with Crippen molar-refractivity contribution >= 4 is 10.0 Å². The summed E-state index contributed by atoms with van der Waals surface area (Å²) >= 11 is 0. The average Bonchev–Trinajstić information content (AvgIpc) is 2.16. The van der Waals surface area contributed by atoms with E-state index in [-0.39, 0.29) is 0 Å². The van der Waals surface area contributed by atoms with Crippen LogP contribution in [0.5, 0.6) is 0 Å². The molecular weight excluding hydrogens is 212 g/mol. The molecule has 0 aromatic heterocycles. The van der Waals surface area contributed by atoms with Crippen LogP contribution in [0.25, 0.3) is 0 Å². The van der Waals surface area contributed by atoms with Crippen LogP contribution >= 0.6 is 0 Å². The number of hydrogen-bond donors (Lipinski definition) is 1. The van der Waals surface area contributed by atoms with E-state index in [9.17, 15) is 8.42 Å². The van der Waals surface area contributed by atoms with Crippen LogP contribution in [-0.4, -0.2) is 43.6 Å². The van der Waals surface area contributed by atoms with Crippen LogP contribution in [0.15, 0.2) is 0 Å². The molecule has 0 aromatic carbocycles. The summed E-state index contributed by atoms with van der Waals surface area (Å²) in [5.41, 5.74) is 0. The molecule has 4 nitrogen and oxygen atoms in total. The second-order valence-electron chi connectivity index (χ2n) is 5.08. The maximum Gasteiger partial charge on any atom is 0.219 e. The fourth-order valence-corrected chi connectivity index (χ4v) is 3.24. The fourth-order valence-electron chi connectivity index (χ4n) is 1.77. The molecule has 0 aromatic rings. The maximum atomic E-state index is 12.1. The lowest BCUT2D eigenvalue weighted by molar-refractivity contribution is 0.292. The summed E-state index contributed by atoms with van der Waals surface area (Å²) in [6, 6.07) is 0.469. The third kappa shape index (κ3) is 2.71. The van der Waals surface area contributed by atoms with Gasteiger partial charge in [0.2, 0.25) is 10.0 Å². The summed E-state index contributed by atoms with van der Waals surface area (Å²) in [7, 11) is -1.20. The SMILES string of the molecule is CNC1CCN(S(=O)(=O)C(C)(C)C)CC1. The number of piperidine rings is 1. The Hall–Kier alpha value is -0.130. The molecule has 1 rings (SSSR count). The number of rotatable bonds is 2. The number of sulfonamides is 1. The molecule has 1 heterocycles. The highest BCUT2D eigenvalue weighted by Gasteiger charge is 2.36. The minimum absolute atomic E-state index is 0.469. The van der Waals surface area contributed by atoms with Gasteiger partial charge in [0, 0.05) is 19.1 Å². The Morgan fingerprint density at radius 2 is 1.67 bits per heavy atom. The zero-order valence-electron chi connectivity index (χ0n) is 10.1. The minimum atomic E-state index is -3.13. The van der Waals surface area contributed by atoms with Crippen molar-refractivity contribution in [1.82, 2.24) is 9.62 Å². The molecule has 1 aliphatic heterocycles. The second kappa shape index (κ2) is 4.39. The van der Waals surface area contributed by atoms with Crippen LogP contribution in [0.1, 0.15) is 33.6 Å². The summed E-state index contributed by atoms with van der Waals surface area (Å²) in [6.07, 6.45) is 1.82. The Bertz CT molecular complexity index is 298. The van der Waals surface area contributed by atoms with Crippen molar-refractivity contribution in [2.24, 2.45) is 0 Å². The molecule has 1 fully saturated rings. The van der Waals surface area contributed by atoms with Gasteiger partial charge in [-0.05, 0) is 40.7 Å². The number of nitrogens with one attached hydrogen (secondary N) is 1. The highest BCUT2D eigenvalue weighted by Crippen LogP contribution is 2.23. The molecule has 1 N–H and O–H groups in total. The van der Waals surface area contributed by atoms with Crippen molar-refractivity contribution in [3.8, 4) is 0 Å². The van der Waals surface area contributed by atoms with E-state index in [0.29, 0.717) is 19.1 Å². The van der Waals surface area contributed by atoms with Gasteiger partial charge in [-0.2, -0.15) is 0 Å². The molecule has 0 aliphatic carbocycles. The van der Waals surface area contributed by atoms with Crippen molar-refractivity contribution in [3.63, 3.8) is 0 Å². The molecule has 15 heavy (non-hydrogen) atoms. The molecule has 90 valence electrons. The first kappa shape index (κ1) is 12.9. The average molecular weight is 234 g/mol. The van der Waals surface area contributed by atoms with Crippen molar-refractivity contribution in [2.45, 2.75) is 44.4 Å². The Labute approximate surface area is 93.1 Å². The molecule has 0 saturated carbocycles. The largest absolute Gasteiger partial charge is 0.317 e. The molecule has 0 spiro atoms. The predicted molar refractivity (Wildman–Crippen MR) is 62.3 cm³/mol. The van der Waals surface area contributed by atoms with Crippen LogP contribution in [0.2, 0.25) is 0 Å². The minimum Gasteiger partial charge on any atom is -0.317 e. The van der Waals surface area contributed by atoms with E-state index in [1.807, 2.05) is 7.05 Å². The molecule has 1 aliphatic rings. The fraction of sp³-hybridized carbons (Fsp3) is 1.00. The van der Waals surface area contributed by atoms with Crippen molar-refractivity contribution in [2.75, 3.05) is 20.1 Å². The molecule has 0 unspecified atom stereocenters. The lowest BCUT2D eigenvalue weighted by atomic mass is 10.1. The van der Waals surface area contributed by atoms with Crippen LogP contribution in [-0.2, 0) is 10.0 Å². The molecule has 5 heteroatoms. The van der Waals surface area contributed by atoms with E-state index in [0.717, 1.165) is 12.8 Å². The van der Waals surface area contributed by atoms with E-state index < -0.39 is 14.8 Å². The standard InChI is InChI=1S/C10H22N2O2S/c1-10(2,3)15(13,14)12-7-5-9(11-4)6-8-12/h9,11H,5-8H2,1-4H3. The zero-order valence-corrected chi connectivity index (χ0v) is 10.9. The number of nitrogens with zero attached hydrogens (tertiary/aromatic N) is 1. The van der Waals surface area contributed by atoms with Gasteiger partial charge in [-0.25, -0.2) is 12.7 Å². The van der Waals surface area contributed by atoms with Crippen molar-refractivity contribution < 1.29 is 8.42 Å². The van der Waals surface area contributed by atoms with E-state index in [1.54, 1.807) is 25.1 Å². The smallest absolute Gasteiger partial charge is 0.219 e. The summed E-state index contributed by atoms with van der Waals surface area (Å²) in [5, 5.41) is 3.19. The zero-order chi connectivity index (χ0) is 11.7. The quantitative estimate of drug-likeness (QED) is 0.769. The monoisotopic (exact) mass is 234 g/mol. The molecule has 0 amide bonds. The highest BCUT2D eigenvalue weighted by molar-refractivity contribution is 7.90. The van der Waals surface area contributed by atoms with Gasteiger partial charge in [-0.3, -0.25) is 0 Å². The predicted octanol–water partition coefficient (Wildman–Crippen LogP) is 0.798. The second-order valence-corrected chi connectivity index (χ2v) is 7.77. The van der Waals surface area contributed by atoms with Gasteiger partial charge in [0.25, 0.3) is 0 Å². The van der Waals surface area contributed by atoms with E-state index in [1.165, 1.54) is 0 Å². The highest BCUT2D eigenvalue weighted by atomic mass is 32.2. The lowest BCUT2D eigenvalue weighted by Gasteiger charge is -2.35. The van der Waals surface area contributed by atoms with Gasteiger partial charge in [-0.15, -0.1) is 0 Å². The van der Waals surface area contributed by atoms with Gasteiger partial charge < -0.3 is 5.32 Å². The molecule has 0 atom stereocenters. The normalized spacial score (nSPS) is 21.9. The first-order chi connectivity index (χ1) is 6.79. The van der Waals surface area contributed by atoms with Crippen molar-refractivity contribution in [3.05, 3.63) is 0 Å². The van der Waals surface area contributed by atoms with E-state index in [2.05, 4.69) is 5.32 Å². The van der Waals surface area contributed by atoms with Crippen molar-refractivity contribution in [1.29, 1.82) is 0 Å². The van der Waals surface area contributed by atoms with Gasteiger partial charge in [0.1, 0.15) is 0 Å². The third-order valence-corrected chi connectivity index (χ3v) is 5.57. The maximum absolute atomic E-state index is 12.1. The lowest BCUT2D eigenvalue weighted by Crippen LogP contribution is -2.49. The molecule has 0 bridgehead atoms. The van der Waals surface area contributed by atoms with E-state index in [4.69, 9.17) is 0 Å². The first-order valence-corrected chi connectivity index (χ1v) is 6.90.